The van der Waals surface area contributed by atoms with Gasteiger partial charge in [-0.05, 0) is 135 Å². The SMILES string of the molecule is CC/C=C\C/C=C\C/C=C\C/C=C\C/C=C\C/C=C\C/C=C\C/C=C\C/C=C\C/C=C\C/C=C\CCCCCCCCCC(=O)OC(CO)COC(=O)CCCCCCCCCCCCCC/C=C\C/C=C\C/C=C\C/C=C\CC. The predicted molar refractivity (Wildman–Crippen MR) is 352 cm³/mol. The number of hydrogen-bond donors (Lipinski definition) is 1. The highest BCUT2D eigenvalue weighted by Crippen LogP contribution is 2.15. The van der Waals surface area contributed by atoms with Crippen LogP contribution in [0.25, 0.3) is 0 Å². The molecular weight excluding hydrogens is 981 g/mol. The summed E-state index contributed by atoms with van der Waals surface area (Å²) < 4.78 is 10.7. The van der Waals surface area contributed by atoms with Gasteiger partial charge in [0.1, 0.15) is 6.61 Å². The van der Waals surface area contributed by atoms with Gasteiger partial charge in [0, 0.05) is 12.8 Å². The molecule has 0 saturated heterocycles. The van der Waals surface area contributed by atoms with Gasteiger partial charge in [-0.15, -0.1) is 0 Å². The molecule has 0 aromatic carbocycles. The monoisotopic (exact) mass is 1100 g/mol. The first-order chi connectivity index (χ1) is 39.6. The summed E-state index contributed by atoms with van der Waals surface area (Å²) >= 11 is 0. The number of aliphatic hydroxyl groups excluding tert-OH is 1. The zero-order valence-corrected chi connectivity index (χ0v) is 51.3. The number of carbonyl (C=O) groups is 2. The second-order valence-electron chi connectivity index (χ2n) is 20.7. The van der Waals surface area contributed by atoms with Gasteiger partial charge < -0.3 is 14.6 Å². The van der Waals surface area contributed by atoms with Crippen molar-refractivity contribution < 1.29 is 24.2 Å². The molecule has 448 valence electrons. The van der Waals surface area contributed by atoms with Crippen molar-refractivity contribution in [2.45, 2.75) is 264 Å². The quantitative estimate of drug-likeness (QED) is 0.0373. The third-order valence-electron chi connectivity index (χ3n) is 13.2. The molecule has 1 atom stereocenters. The van der Waals surface area contributed by atoms with Gasteiger partial charge in [0.25, 0.3) is 0 Å². The maximum absolute atomic E-state index is 12.3. The molecule has 1 N–H and O–H groups in total. The van der Waals surface area contributed by atoms with E-state index >= 15 is 0 Å². The van der Waals surface area contributed by atoms with Crippen molar-refractivity contribution in [1.29, 1.82) is 0 Å². The van der Waals surface area contributed by atoms with Crippen molar-refractivity contribution in [1.82, 2.24) is 0 Å². The molecular formula is C75H118O5. The molecule has 0 amide bonds. The molecule has 0 aromatic rings. The van der Waals surface area contributed by atoms with Crippen molar-refractivity contribution in [3.8, 4) is 0 Å². The summed E-state index contributed by atoms with van der Waals surface area (Å²) in [6.45, 7) is 3.90. The first-order valence-corrected chi connectivity index (χ1v) is 32.3. The molecule has 5 heteroatoms. The largest absolute Gasteiger partial charge is 0.462 e. The van der Waals surface area contributed by atoms with Crippen molar-refractivity contribution in [2.75, 3.05) is 13.2 Å². The van der Waals surface area contributed by atoms with Crippen LogP contribution in [0.3, 0.4) is 0 Å². The molecule has 0 heterocycles. The minimum Gasteiger partial charge on any atom is -0.462 e. The fourth-order valence-corrected chi connectivity index (χ4v) is 8.43. The summed E-state index contributed by atoms with van der Waals surface area (Å²) in [4.78, 5) is 24.6. The van der Waals surface area contributed by atoms with Crippen LogP contribution in [0, 0.1) is 0 Å². The summed E-state index contributed by atoms with van der Waals surface area (Å²) in [5.41, 5.74) is 0. The highest BCUT2D eigenvalue weighted by molar-refractivity contribution is 5.70. The highest BCUT2D eigenvalue weighted by atomic mass is 16.6. The summed E-state index contributed by atoms with van der Waals surface area (Å²) in [5.74, 6) is -0.614. The second kappa shape index (κ2) is 68.3. The first-order valence-electron chi connectivity index (χ1n) is 32.3. The molecule has 0 bridgehead atoms. The van der Waals surface area contributed by atoms with Crippen LogP contribution in [-0.4, -0.2) is 36.4 Å². The van der Waals surface area contributed by atoms with E-state index in [0.29, 0.717) is 12.8 Å². The number of rotatable bonds is 57. The van der Waals surface area contributed by atoms with Gasteiger partial charge in [-0.1, -0.05) is 292 Å². The second-order valence-corrected chi connectivity index (χ2v) is 20.7. The molecule has 5 nitrogen and oxygen atoms in total. The minimum atomic E-state index is -0.793. The maximum atomic E-state index is 12.3. The average molecular weight is 1100 g/mol. The lowest BCUT2D eigenvalue weighted by Crippen LogP contribution is -2.28. The van der Waals surface area contributed by atoms with E-state index < -0.39 is 6.10 Å². The molecule has 0 aliphatic carbocycles. The number of hydrogen-bond acceptors (Lipinski definition) is 5. The zero-order valence-electron chi connectivity index (χ0n) is 51.3. The van der Waals surface area contributed by atoms with E-state index in [-0.39, 0.29) is 25.2 Å². The summed E-state index contributed by atoms with van der Waals surface area (Å²) in [6.07, 6.45) is 107. The van der Waals surface area contributed by atoms with Crippen LogP contribution in [0.5, 0.6) is 0 Å². The Balaban J connectivity index is 3.61. The predicted octanol–water partition coefficient (Wildman–Crippen LogP) is 22.6. The topological polar surface area (TPSA) is 72.8 Å². The lowest BCUT2D eigenvalue weighted by molar-refractivity contribution is -0.161. The average Bonchev–Trinajstić information content (AvgIpc) is 3.46. The zero-order chi connectivity index (χ0) is 57.6. The molecule has 0 spiro atoms. The molecule has 0 saturated carbocycles. The molecule has 0 aliphatic heterocycles. The van der Waals surface area contributed by atoms with Crippen LogP contribution in [0.1, 0.15) is 258 Å². The Morgan fingerprint density at radius 2 is 0.500 bits per heavy atom. The van der Waals surface area contributed by atoms with Crippen LogP contribution in [-0.2, 0) is 19.1 Å². The van der Waals surface area contributed by atoms with Crippen LogP contribution in [0.2, 0.25) is 0 Å². The van der Waals surface area contributed by atoms with Gasteiger partial charge in [0.15, 0.2) is 6.10 Å². The van der Waals surface area contributed by atoms with Crippen LogP contribution in [0.15, 0.2) is 182 Å². The van der Waals surface area contributed by atoms with Crippen molar-refractivity contribution >= 4 is 11.9 Å². The molecule has 0 aliphatic rings. The third kappa shape index (κ3) is 65.5. The van der Waals surface area contributed by atoms with Crippen molar-refractivity contribution in [3.05, 3.63) is 182 Å². The van der Waals surface area contributed by atoms with Crippen LogP contribution >= 0.6 is 0 Å². The van der Waals surface area contributed by atoms with Crippen molar-refractivity contribution in [2.24, 2.45) is 0 Å². The van der Waals surface area contributed by atoms with E-state index in [1.807, 2.05) is 0 Å². The van der Waals surface area contributed by atoms with Crippen molar-refractivity contribution in [3.63, 3.8) is 0 Å². The Morgan fingerprint density at radius 1 is 0.287 bits per heavy atom. The van der Waals surface area contributed by atoms with E-state index in [4.69, 9.17) is 9.47 Å². The van der Waals surface area contributed by atoms with E-state index in [9.17, 15) is 14.7 Å². The van der Waals surface area contributed by atoms with E-state index in [0.717, 1.165) is 141 Å². The standard InChI is InChI=1S/C75H118O5/c1-3-5-7-9-11-13-15-17-19-21-23-25-27-29-30-31-32-33-34-35-36-37-38-39-40-41-42-43-44-46-48-50-52-54-56-58-60-62-64-66-68-70-75(78)80-73(71-76)72-79-74(77)69-67-65-63-61-59-57-55-53-51-49-47-45-28-26-24-22-20-18-16-14-12-10-8-6-4-2/h5-8,11-14,17-20,23-26,29-30,32-33,35-36,38-39,41-42,44,46,50,52,73,76H,3-4,9-10,15-16,21-22,27-28,31,34,37,40,43,45,47-49,51,53-72H2,1-2H3/b7-5-,8-6-,13-11-,14-12-,19-17-,20-18-,25-23-,26-24-,30-29-,33-32-,36-35-,39-38-,42-41-,46-44-,52-50-. The number of carbonyl (C=O) groups excluding carboxylic acids is 2. The van der Waals surface area contributed by atoms with Gasteiger partial charge in [0.2, 0.25) is 0 Å². The minimum absolute atomic E-state index is 0.0817. The summed E-state index contributed by atoms with van der Waals surface area (Å²) in [5, 5.41) is 9.68. The molecule has 80 heavy (non-hydrogen) atoms. The Kier molecular flexibility index (Phi) is 64.0. The van der Waals surface area contributed by atoms with E-state index in [2.05, 4.69) is 196 Å². The Morgan fingerprint density at radius 3 is 0.750 bits per heavy atom. The molecule has 0 aromatic heterocycles. The molecule has 0 rings (SSSR count). The Hall–Kier alpha value is -5.00. The highest BCUT2D eigenvalue weighted by Gasteiger charge is 2.16. The Labute approximate surface area is 493 Å². The normalized spacial score (nSPS) is 13.5. The Bertz CT molecular complexity index is 1820. The van der Waals surface area contributed by atoms with Gasteiger partial charge >= 0.3 is 11.9 Å². The van der Waals surface area contributed by atoms with Gasteiger partial charge in [-0.25, -0.2) is 0 Å². The number of ether oxygens (including phenoxy) is 2. The van der Waals surface area contributed by atoms with E-state index in [1.165, 1.54) is 89.9 Å². The smallest absolute Gasteiger partial charge is 0.306 e. The molecule has 0 radical (unpaired) electrons. The molecule has 0 fully saturated rings. The number of aliphatic hydroxyl groups is 1. The summed E-state index contributed by atoms with van der Waals surface area (Å²) in [7, 11) is 0. The van der Waals surface area contributed by atoms with Gasteiger partial charge in [0.05, 0.1) is 6.61 Å². The fraction of sp³-hybridized carbons (Fsp3) is 0.573. The van der Waals surface area contributed by atoms with Crippen LogP contribution in [0.4, 0.5) is 0 Å². The summed E-state index contributed by atoms with van der Waals surface area (Å²) in [6, 6.07) is 0. The van der Waals surface area contributed by atoms with E-state index in [1.54, 1.807) is 0 Å². The van der Waals surface area contributed by atoms with Crippen LogP contribution < -0.4 is 0 Å². The van der Waals surface area contributed by atoms with Gasteiger partial charge in [-0.3, -0.25) is 9.59 Å². The number of unbranched alkanes of at least 4 members (excludes halogenated alkanes) is 19. The maximum Gasteiger partial charge on any atom is 0.306 e. The molecule has 1 unspecified atom stereocenters. The first kappa shape index (κ1) is 75.0. The lowest BCUT2D eigenvalue weighted by Gasteiger charge is -2.15. The number of esters is 2. The van der Waals surface area contributed by atoms with Gasteiger partial charge in [-0.2, -0.15) is 0 Å². The lowest BCUT2D eigenvalue weighted by atomic mass is 10.0. The fourth-order valence-electron chi connectivity index (χ4n) is 8.43. The third-order valence-corrected chi connectivity index (χ3v) is 13.2. The number of allylic oxidation sites excluding steroid dienone is 30.